The summed E-state index contributed by atoms with van der Waals surface area (Å²) in [6.45, 7) is 6.78. The number of likely N-dealkylation sites (tertiary alicyclic amines) is 1. The van der Waals surface area contributed by atoms with E-state index in [4.69, 9.17) is 5.73 Å². The van der Waals surface area contributed by atoms with Crippen molar-refractivity contribution in [1.29, 1.82) is 0 Å². The molecule has 1 unspecified atom stereocenters. The summed E-state index contributed by atoms with van der Waals surface area (Å²) in [6, 6.07) is 3.79. The number of halogens is 1. The summed E-state index contributed by atoms with van der Waals surface area (Å²) >= 11 is 0. The molecule has 2 rings (SSSR count). The lowest BCUT2D eigenvalue weighted by Gasteiger charge is -2.23. The minimum Gasteiger partial charge on any atom is -0.338 e. The highest BCUT2D eigenvalue weighted by molar-refractivity contribution is 7.89. The Morgan fingerprint density at radius 2 is 1.88 bits per heavy atom. The van der Waals surface area contributed by atoms with E-state index in [1.807, 2.05) is 19.1 Å². The number of amides is 1. The molecular formula is C17H28ClN3O3S. The number of nitrogens with two attached hydrogens (primary N) is 1. The van der Waals surface area contributed by atoms with E-state index < -0.39 is 10.0 Å². The summed E-state index contributed by atoms with van der Waals surface area (Å²) in [5.41, 5.74) is 8.14. The van der Waals surface area contributed by atoms with E-state index in [1.165, 1.54) is 0 Å². The van der Waals surface area contributed by atoms with Gasteiger partial charge in [-0.2, -0.15) is 0 Å². The van der Waals surface area contributed by atoms with Crippen molar-refractivity contribution in [2.45, 2.75) is 51.0 Å². The van der Waals surface area contributed by atoms with Gasteiger partial charge in [0.05, 0.1) is 4.90 Å². The summed E-state index contributed by atoms with van der Waals surface area (Å²) in [4.78, 5) is 14.3. The Balaban J connectivity index is 0.00000312. The summed E-state index contributed by atoms with van der Waals surface area (Å²) in [6.07, 6.45) is 2.04. The van der Waals surface area contributed by atoms with Crippen molar-refractivity contribution in [3.05, 3.63) is 28.8 Å². The molecule has 1 amide bonds. The molecule has 1 heterocycles. The van der Waals surface area contributed by atoms with E-state index in [-0.39, 0.29) is 37.3 Å². The van der Waals surface area contributed by atoms with Crippen LogP contribution in [0.3, 0.4) is 0 Å². The molecule has 1 fully saturated rings. The largest absolute Gasteiger partial charge is 0.338 e. The molecule has 1 aromatic rings. The molecule has 142 valence electrons. The van der Waals surface area contributed by atoms with Crippen LogP contribution in [0.5, 0.6) is 0 Å². The van der Waals surface area contributed by atoms with Gasteiger partial charge in [0.25, 0.3) is 0 Å². The number of nitrogens with zero attached hydrogens (tertiary/aromatic N) is 1. The highest BCUT2D eigenvalue weighted by atomic mass is 35.5. The van der Waals surface area contributed by atoms with Gasteiger partial charge in [-0.05, 0) is 44.7 Å². The monoisotopic (exact) mass is 389 g/mol. The number of carbonyl (C=O) groups is 1. The summed E-state index contributed by atoms with van der Waals surface area (Å²) in [5.74, 6) is -0.0389. The van der Waals surface area contributed by atoms with Crippen LogP contribution < -0.4 is 10.5 Å². The molecule has 8 heteroatoms. The van der Waals surface area contributed by atoms with Gasteiger partial charge in [-0.25, -0.2) is 13.1 Å². The minimum atomic E-state index is -3.62. The van der Waals surface area contributed by atoms with Crippen molar-refractivity contribution in [2.75, 3.05) is 19.6 Å². The molecule has 3 N–H and O–H groups in total. The second-order valence-corrected chi connectivity index (χ2v) is 8.20. The molecule has 0 saturated carbocycles. The zero-order chi connectivity index (χ0) is 17.9. The predicted molar refractivity (Wildman–Crippen MR) is 101 cm³/mol. The smallest absolute Gasteiger partial charge is 0.241 e. The van der Waals surface area contributed by atoms with E-state index in [2.05, 4.69) is 4.72 Å². The molecule has 6 nitrogen and oxygen atoms in total. The lowest BCUT2D eigenvalue weighted by atomic mass is 10.1. The average Bonchev–Trinajstić information content (AvgIpc) is 2.93. The minimum absolute atomic E-state index is 0. The van der Waals surface area contributed by atoms with Crippen LogP contribution in [-0.4, -0.2) is 44.9 Å². The Bertz CT molecular complexity index is 699. The Hall–Kier alpha value is -1.15. The van der Waals surface area contributed by atoms with Gasteiger partial charge in [-0.3, -0.25) is 4.79 Å². The first-order chi connectivity index (χ1) is 11.3. The highest BCUT2D eigenvalue weighted by Gasteiger charge is 2.27. The fraction of sp³-hybridized carbons (Fsp3) is 0.588. The van der Waals surface area contributed by atoms with Gasteiger partial charge >= 0.3 is 0 Å². The van der Waals surface area contributed by atoms with E-state index in [1.54, 1.807) is 18.7 Å². The maximum Gasteiger partial charge on any atom is 0.241 e. The second-order valence-electron chi connectivity index (χ2n) is 6.49. The number of sulfonamides is 1. The molecule has 0 radical (unpaired) electrons. The van der Waals surface area contributed by atoms with Gasteiger partial charge in [-0.1, -0.05) is 17.7 Å². The van der Waals surface area contributed by atoms with Gasteiger partial charge in [-0.15, -0.1) is 12.4 Å². The number of carbonyl (C=O) groups excluding carboxylic acids is 1. The normalized spacial score (nSPS) is 17.4. The number of hydrogen-bond acceptors (Lipinski definition) is 4. The number of rotatable bonds is 6. The first-order valence-electron chi connectivity index (χ1n) is 8.33. The molecule has 1 aliphatic rings. The zero-order valence-electron chi connectivity index (χ0n) is 15.0. The highest BCUT2D eigenvalue weighted by Crippen LogP contribution is 2.22. The fourth-order valence-electron chi connectivity index (χ4n) is 3.51. The molecule has 1 saturated heterocycles. The molecule has 0 spiro atoms. The first-order valence-corrected chi connectivity index (χ1v) is 9.81. The van der Waals surface area contributed by atoms with Crippen LogP contribution in [0, 0.1) is 20.8 Å². The second kappa shape index (κ2) is 8.98. The van der Waals surface area contributed by atoms with E-state index in [0.29, 0.717) is 29.1 Å². The van der Waals surface area contributed by atoms with E-state index in [9.17, 15) is 13.2 Å². The quantitative estimate of drug-likeness (QED) is 0.773. The Morgan fingerprint density at radius 3 is 2.44 bits per heavy atom. The van der Waals surface area contributed by atoms with Crippen LogP contribution in [0.1, 0.15) is 36.0 Å². The van der Waals surface area contributed by atoms with Crippen LogP contribution in [0.4, 0.5) is 0 Å². The third kappa shape index (κ3) is 5.17. The number of hydrogen-bond donors (Lipinski definition) is 2. The van der Waals surface area contributed by atoms with Gasteiger partial charge in [0, 0.05) is 32.1 Å². The molecule has 0 bridgehead atoms. The number of nitrogens with one attached hydrogen (secondary N) is 1. The Morgan fingerprint density at radius 1 is 1.28 bits per heavy atom. The fourth-order valence-corrected chi connectivity index (χ4v) is 4.99. The number of aryl methyl sites for hydroxylation is 3. The summed E-state index contributed by atoms with van der Waals surface area (Å²) in [7, 11) is -3.62. The topological polar surface area (TPSA) is 92.5 Å². The van der Waals surface area contributed by atoms with E-state index >= 15 is 0 Å². The third-order valence-corrected chi connectivity index (χ3v) is 6.24. The van der Waals surface area contributed by atoms with Crippen LogP contribution in [0.25, 0.3) is 0 Å². The standard InChI is InChI=1S/C17H27N3O3S.ClH/c1-12-9-13(2)17(14(3)10-12)24(22,23)19-7-6-16(21)20-8-4-5-15(20)11-18;/h9-10,15,19H,4-8,11,18H2,1-3H3;1H. The average molecular weight is 390 g/mol. The van der Waals surface area contributed by atoms with E-state index in [0.717, 1.165) is 18.4 Å². The van der Waals surface area contributed by atoms with Crippen LogP contribution in [-0.2, 0) is 14.8 Å². The first kappa shape index (κ1) is 21.9. The van der Waals surface area contributed by atoms with Crippen LogP contribution in [0.2, 0.25) is 0 Å². The van der Waals surface area contributed by atoms with Gasteiger partial charge < -0.3 is 10.6 Å². The Kier molecular flexibility index (Phi) is 7.87. The molecule has 1 aliphatic heterocycles. The van der Waals surface area contributed by atoms with Crippen molar-refractivity contribution in [2.24, 2.45) is 5.73 Å². The van der Waals surface area contributed by atoms with Crippen molar-refractivity contribution >= 4 is 28.3 Å². The number of benzene rings is 1. The predicted octanol–water partition coefficient (Wildman–Crippen LogP) is 1.65. The molecule has 25 heavy (non-hydrogen) atoms. The van der Waals surface area contributed by atoms with Crippen molar-refractivity contribution < 1.29 is 13.2 Å². The maximum absolute atomic E-state index is 12.6. The molecule has 1 atom stereocenters. The van der Waals surface area contributed by atoms with Gasteiger partial charge in [0.15, 0.2) is 0 Å². The molecule has 1 aromatic carbocycles. The molecule has 0 aromatic heterocycles. The lowest BCUT2D eigenvalue weighted by Crippen LogP contribution is -2.41. The molecular weight excluding hydrogens is 362 g/mol. The van der Waals surface area contributed by atoms with Crippen LogP contribution in [0.15, 0.2) is 17.0 Å². The maximum atomic E-state index is 12.6. The summed E-state index contributed by atoms with van der Waals surface area (Å²) in [5, 5.41) is 0. The van der Waals surface area contributed by atoms with Gasteiger partial charge in [0.1, 0.15) is 0 Å². The van der Waals surface area contributed by atoms with Crippen molar-refractivity contribution in [1.82, 2.24) is 9.62 Å². The SMILES string of the molecule is Cc1cc(C)c(S(=O)(=O)NCCC(=O)N2CCCC2CN)c(C)c1.Cl. The Labute approximate surface area is 156 Å². The lowest BCUT2D eigenvalue weighted by molar-refractivity contribution is -0.131. The van der Waals surface area contributed by atoms with Crippen LogP contribution >= 0.6 is 12.4 Å². The molecule has 0 aliphatic carbocycles. The summed E-state index contributed by atoms with van der Waals surface area (Å²) < 4.78 is 27.7. The van der Waals surface area contributed by atoms with Gasteiger partial charge in [0.2, 0.25) is 15.9 Å². The zero-order valence-corrected chi connectivity index (χ0v) is 16.7. The van der Waals surface area contributed by atoms with Crippen molar-refractivity contribution in [3.63, 3.8) is 0 Å². The van der Waals surface area contributed by atoms with Crippen molar-refractivity contribution in [3.8, 4) is 0 Å². The third-order valence-electron chi connectivity index (χ3n) is 4.47.